The molecule has 0 spiro atoms. The van der Waals surface area contributed by atoms with Crippen molar-refractivity contribution in [3.05, 3.63) is 0 Å². The minimum absolute atomic E-state index is 0.169. The molecule has 13 heavy (non-hydrogen) atoms. The summed E-state index contributed by atoms with van der Waals surface area (Å²) in [5, 5.41) is 3.29. The number of nitrogens with one attached hydrogen (secondary N) is 1. The van der Waals surface area contributed by atoms with Crippen LogP contribution in [0.3, 0.4) is 0 Å². The molecule has 1 N–H and O–H groups in total. The van der Waals surface area contributed by atoms with Crippen molar-refractivity contribution >= 4 is 6.29 Å². The Morgan fingerprint density at radius 3 is 2.69 bits per heavy atom. The van der Waals surface area contributed by atoms with Crippen molar-refractivity contribution in [2.24, 2.45) is 0 Å². The molecule has 0 aromatic carbocycles. The highest BCUT2D eigenvalue weighted by atomic mass is 16.1. The average molecular weight is 184 g/mol. The van der Waals surface area contributed by atoms with Gasteiger partial charge in [-0.25, -0.2) is 0 Å². The zero-order valence-electron chi connectivity index (χ0n) is 8.46. The zero-order valence-corrected chi connectivity index (χ0v) is 8.46. The summed E-state index contributed by atoms with van der Waals surface area (Å²) in [6.07, 6.45) is 4.48. The molecule has 1 atom stereocenters. The van der Waals surface area contributed by atoms with E-state index in [1.165, 1.54) is 6.42 Å². The van der Waals surface area contributed by atoms with Crippen molar-refractivity contribution < 1.29 is 4.79 Å². The summed E-state index contributed by atoms with van der Waals surface area (Å²) >= 11 is 0. The maximum absolute atomic E-state index is 10.8. The SMILES string of the molecule is CCCCC(C=O)N1CCNCC1. The van der Waals surface area contributed by atoms with Gasteiger partial charge in [0.05, 0.1) is 6.04 Å². The molecule has 1 rings (SSSR count). The number of hydrogen-bond donors (Lipinski definition) is 1. The van der Waals surface area contributed by atoms with E-state index < -0.39 is 0 Å². The summed E-state index contributed by atoms with van der Waals surface area (Å²) in [5.74, 6) is 0. The lowest BCUT2D eigenvalue weighted by Crippen LogP contribution is -2.49. The van der Waals surface area contributed by atoms with E-state index in [1.54, 1.807) is 0 Å². The van der Waals surface area contributed by atoms with E-state index in [-0.39, 0.29) is 6.04 Å². The van der Waals surface area contributed by atoms with Crippen LogP contribution in [0, 0.1) is 0 Å². The summed E-state index contributed by atoms with van der Waals surface area (Å²) in [5.41, 5.74) is 0. The van der Waals surface area contributed by atoms with Gasteiger partial charge in [0, 0.05) is 26.2 Å². The second-order valence-corrected chi connectivity index (χ2v) is 3.63. The molecule has 76 valence electrons. The molecule has 0 radical (unpaired) electrons. The molecule has 1 heterocycles. The van der Waals surface area contributed by atoms with Crippen LogP contribution in [0.15, 0.2) is 0 Å². The van der Waals surface area contributed by atoms with Gasteiger partial charge in [-0.05, 0) is 6.42 Å². The quantitative estimate of drug-likeness (QED) is 0.637. The van der Waals surface area contributed by atoms with Gasteiger partial charge in [0.1, 0.15) is 6.29 Å². The first-order chi connectivity index (χ1) is 6.38. The van der Waals surface area contributed by atoms with Crippen LogP contribution in [0.4, 0.5) is 0 Å². The summed E-state index contributed by atoms with van der Waals surface area (Å²) in [4.78, 5) is 13.1. The standard InChI is InChI=1S/C10H20N2O/c1-2-3-4-10(9-13)12-7-5-11-6-8-12/h9-11H,2-8H2,1H3. The molecule has 3 heteroatoms. The molecule has 1 saturated heterocycles. The van der Waals surface area contributed by atoms with Crippen molar-refractivity contribution in [1.82, 2.24) is 10.2 Å². The lowest BCUT2D eigenvalue weighted by atomic mass is 10.1. The maximum atomic E-state index is 10.8. The van der Waals surface area contributed by atoms with Crippen LogP contribution < -0.4 is 5.32 Å². The Kier molecular flexibility index (Phi) is 5.01. The lowest BCUT2D eigenvalue weighted by molar-refractivity contribution is -0.112. The molecule has 1 aliphatic rings. The molecule has 3 nitrogen and oxygen atoms in total. The zero-order chi connectivity index (χ0) is 9.52. The highest BCUT2D eigenvalue weighted by Crippen LogP contribution is 2.07. The van der Waals surface area contributed by atoms with E-state index in [9.17, 15) is 4.79 Å². The molecule has 1 aliphatic heterocycles. The van der Waals surface area contributed by atoms with Crippen LogP contribution >= 0.6 is 0 Å². The number of unbranched alkanes of at least 4 members (excludes halogenated alkanes) is 1. The maximum Gasteiger partial charge on any atom is 0.137 e. The summed E-state index contributed by atoms with van der Waals surface area (Å²) < 4.78 is 0. The molecule has 0 saturated carbocycles. The summed E-state index contributed by atoms with van der Waals surface area (Å²) in [6.45, 7) is 6.26. The molecule has 0 amide bonds. The highest BCUT2D eigenvalue weighted by molar-refractivity contribution is 5.57. The predicted octanol–water partition coefficient (Wildman–Crippen LogP) is 0.649. The number of nitrogens with zero attached hydrogens (tertiary/aromatic N) is 1. The summed E-state index contributed by atoms with van der Waals surface area (Å²) in [7, 11) is 0. The van der Waals surface area contributed by atoms with Crippen LogP contribution in [-0.2, 0) is 4.79 Å². The van der Waals surface area contributed by atoms with Crippen LogP contribution in [0.2, 0.25) is 0 Å². The van der Waals surface area contributed by atoms with Crippen molar-refractivity contribution in [3.63, 3.8) is 0 Å². The first-order valence-corrected chi connectivity index (χ1v) is 5.28. The van der Waals surface area contributed by atoms with E-state index in [0.29, 0.717) is 0 Å². The fourth-order valence-electron chi connectivity index (χ4n) is 1.76. The van der Waals surface area contributed by atoms with E-state index in [4.69, 9.17) is 0 Å². The number of carbonyl (C=O) groups excluding carboxylic acids is 1. The molecule has 0 bridgehead atoms. The average Bonchev–Trinajstić information content (AvgIpc) is 2.21. The second kappa shape index (κ2) is 6.11. The van der Waals surface area contributed by atoms with Gasteiger partial charge < -0.3 is 10.1 Å². The normalized spacial score (nSPS) is 21.3. The molecule has 1 unspecified atom stereocenters. The van der Waals surface area contributed by atoms with Crippen LogP contribution in [0.5, 0.6) is 0 Å². The molecule has 1 fully saturated rings. The van der Waals surface area contributed by atoms with E-state index in [1.807, 2.05) is 0 Å². The van der Waals surface area contributed by atoms with Crippen molar-refractivity contribution in [2.75, 3.05) is 26.2 Å². The fourth-order valence-corrected chi connectivity index (χ4v) is 1.76. The van der Waals surface area contributed by atoms with E-state index in [0.717, 1.165) is 45.3 Å². The number of hydrogen-bond acceptors (Lipinski definition) is 3. The Bertz CT molecular complexity index is 144. The van der Waals surface area contributed by atoms with Gasteiger partial charge in [-0.1, -0.05) is 19.8 Å². The van der Waals surface area contributed by atoms with Gasteiger partial charge in [0.25, 0.3) is 0 Å². The molecular weight excluding hydrogens is 164 g/mol. The minimum atomic E-state index is 0.169. The van der Waals surface area contributed by atoms with E-state index in [2.05, 4.69) is 17.1 Å². The molecule has 0 aromatic heterocycles. The van der Waals surface area contributed by atoms with Crippen molar-refractivity contribution in [1.29, 1.82) is 0 Å². The van der Waals surface area contributed by atoms with Crippen LogP contribution in [0.1, 0.15) is 26.2 Å². The highest BCUT2D eigenvalue weighted by Gasteiger charge is 2.18. The van der Waals surface area contributed by atoms with Crippen LogP contribution in [0.25, 0.3) is 0 Å². The van der Waals surface area contributed by atoms with Gasteiger partial charge in [0.15, 0.2) is 0 Å². The first kappa shape index (κ1) is 10.7. The van der Waals surface area contributed by atoms with Crippen LogP contribution in [-0.4, -0.2) is 43.4 Å². The molecule has 0 aromatic rings. The smallest absolute Gasteiger partial charge is 0.137 e. The Balaban J connectivity index is 2.30. The third-order valence-electron chi connectivity index (χ3n) is 2.63. The third-order valence-corrected chi connectivity index (χ3v) is 2.63. The van der Waals surface area contributed by atoms with Crippen molar-refractivity contribution in [2.45, 2.75) is 32.2 Å². The molecular formula is C10H20N2O. The van der Waals surface area contributed by atoms with Gasteiger partial charge in [-0.15, -0.1) is 0 Å². The lowest BCUT2D eigenvalue weighted by Gasteiger charge is -2.31. The minimum Gasteiger partial charge on any atom is -0.314 e. The number of rotatable bonds is 5. The topological polar surface area (TPSA) is 32.3 Å². The van der Waals surface area contributed by atoms with Gasteiger partial charge in [-0.3, -0.25) is 4.90 Å². The monoisotopic (exact) mass is 184 g/mol. The Hall–Kier alpha value is -0.410. The van der Waals surface area contributed by atoms with Gasteiger partial charge >= 0.3 is 0 Å². The second-order valence-electron chi connectivity index (χ2n) is 3.63. The van der Waals surface area contributed by atoms with Gasteiger partial charge in [0.2, 0.25) is 0 Å². The number of piperazine rings is 1. The predicted molar refractivity (Wildman–Crippen MR) is 53.8 cm³/mol. The molecule has 0 aliphatic carbocycles. The Labute approximate surface area is 80.5 Å². The first-order valence-electron chi connectivity index (χ1n) is 5.28. The number of carbonyl (C=O) groups is 1. The third kappa shape index (κ3) is 3.44. The van der Waals surface area contributed by atoms with E-state index >= 15 is 0 Å². The largest absolute Gasteiger partial charge is 0.314 e. The van der Waals surface area contributed by atoms with Gasteiger partial charge in [-0.2, -0.15) is 0 Å². The Morgan fingerprint density at radius 1 is 1.46 bits per heavy atom. The Morgan fingerprint density at radius 2 is 2.15 bits per heavy atom. The number of aldehydes is 1. The van der Waals surface area contributed by atoms with Crippen molar-refractivity contribution in [3.8, 4) is 0 Å². The fraction of sp³-hybridized carbons (Fsp3) is 0.900. The summed E-state index contributed by atoms with van der Waals surface area (Å²) in [6, 6.07) is 0.169.